The molecule has 0 aliphatic carbocycles. The van der Waals surface area contributed by atoms with Crippen molar-refractivity contribution in [1.29, 1.82) is 0 Å². The second-order valence-electron chi connectivity index (χ2n) is 2.14. The molecule has 4 nitrogen and oxygen atoms in total. The number of aromatic nitrogens is 3. The summed E-state index contributed by atoms with van der Waals surface area (Å²) in [4.78, 5) is 0. The Hall–Kier alpha value is -0.610. The molecule has 0 aromatic carbocycles. The fourth-order valence-corrected chi connectivity index (χ4v) is 0.942. The van der Waals surface area contributed by atoms with Gasteiger partial charge in [0, 0.05) is 20.3 Å². The van der Waals surface area contributed by atoms with Gasteiger partial charge in [-0.1, -0.05) is 0 Å². The van der Waals surface area contributed by atoms with Crippen molar-refractivity contribution in [2.75, 3.05) is 13.7 Å². The molecule has 0 amide bonds. The van der Waals surface area contributed by atoms with E-state index in [0.717, 1.165) is 19.6 Å². The monoisotopic (exact) mass is 175 g/mol. The number of halogens is 1. The SMILES string of the molecule is COCCCn1cnnc1Cl. The summed E-state index contributed by atoms with van der Waals surface area (Å²) in [6, 6.07) is 0. The molecule has 0 aliphatic heterocycles. The first kappa shape index (κ1) is 8.49. The van der Waals surface area contributed by atoms with E-state index in [0.29, 0.717) is 5.28 Å². The van der Waals surface area contributed by atoms with Crippen LogP contribution < -0.4 is 0 Å². The summed E-state index contributed by atoms with van der Waals surface area (Å²) in [5.41, 5.74) is 0. The van der Waals surface area contributed by atoms with Crippen molar-refractivity contribution in [2.45, 2.75) is 13.0 Å². The lowest BCUT2D eigenvalue weighted by molar-refractivity contribution is 0.190. The number of rotatable bonds is 4. The van der Waals surface area contributed by atoms with Crippen molar-refractivity contribution in [3.8, 4) is 0 Å². The van der Waals surface area contributed by atoms with Crippen molar-refractivity contribution in [3.05, 3.63) is 11.6 Å². The fourth-order valence-electron chi connectivity index (χ4n) is 0.770. The number of hydrogen-bond donors (Lipinski definition) is 0. The van der Waals surface area contributed by atoms with Gasteiger partial charge in [0.05, 0.1) is 0 Å². The maximum atomic E-state index is 5.67. The summed E-state index contributed by atoms with van der Waals surface area (Å²) >= 11 is 5.67. The van der Waals surface area contributed by atoms with Crippen LogP contribution >= 0.6 is 11.6 Å². The Morgan fingerprint density at radius 1 is 1.73 bits per heavy atom. The molecule has 0 saturated heterocycles. The number of aryl methyl sites for hydroxylation is 1. The Bertz CT molecular complexity index is 213. The quantitative estimate of drug-likeness (QED) is 0.641. The summed E-state index contributed by atoms with van der Waals surface area (Å²) in [7, 11) is 1.67. The van der Waals surface area contributed by atoms with Gasteiger partial charge >= 0.3 is 0 Å². The zero-order chi connectivity index (χ0) is 8.10. The highest BCUT2D eigenvalue weighted by Crippen LogP contribution is 2.02. The molecule has 0 unspecified atom stereocenters. The average molecular weight is 176 g/mol. The van der Waals surface area contributed by atoms with Gasteiger partial charge in [0.25, 0.3) is 0 Å². The molecule has 0 bridgehead atoms. The van der Waals surface area contributed by atoms with E-state index < -0.39 is 0 Å². The second-order valence-corrected chi connectivity index (χ2v) is 2.48. The molecule has 62 valence electrons. The van der Waals surface area contributed by atoms with Crippen LogP contribution in [0.5, 0.6) is 0 Å². The fraction of sp³-hybridized carbons (Fsp3) is 0.667. The first-order valence-electron chi connectivity index (χ1n) is 3.37. The van der Waals surface area contributed by atoms with E-state index in [2.05, 4.69) is 10.2 Å². The normalized spacial score (nSPS) is 10.4. The molecule has 1 aromatic heterocycles. The maximum Gasteiger partial charge on any atom is 0.224 e. The molecule has 1 heterocycles. The van der Waals surface area contributed by atoms with E-state index in [1.54, 1.807) is 18.0 Å². The number of ether oxygens (including phenoxy) is 1. The van der Waals surface area contributed by atoms with Gasteiger partial charge < -0.3 is 9.30 Å². The van der Waals surface area contributed by atoms with E-state index in [4.69, 9.17) is 16.3 Å². The van der Waals surface area contributed by atoms with E-state index in [9.17, 15) is 0 Å². The topological polar surface area (TPSA) is 39.9 Å². The smallest absolute Gasteiger partial charge is 0.224 e. The van der Waals surface area contributed by atoms with Crippen LogP contribution in [0.1, 0.15) is 6.42 Å². The van der Waals surface area contributed by atoms with Gasteiger partial charge in [-0.2, -0.15) is 0 Å². The van der Waals surface area contributed by atoms with E-state index in [-0.39, 0.29) is 0 Å². The third-order valence-electron chi connectivity index (χ3n) is 1.32. The Balaban J connectivity index is 2.32. The minimum absolute atomic E-state index is 0.432. The molecule has 0 aliphatic rings. The third kappa shape index (κ3) is 2.48. The van der Waals surface area contributed by atoms with Gasteiger partial charge in [-0.3, -0.25) is 0 Å². The van der Waals surface area contributed by atoms with Crippen LogP contribution in [0, 0.1) is 0 Å². The van der Waals surface area contributed by atoms with Gasteiger partial charge in [0.2, 0.25) is 5.28 Å². The molecule has 11 heavy (non-hydrogen) atoms. The molecule has 0 atom stereocenters. The van der Waals surface area contributed by atoms with Crippen molar-refractivity contribution in [1.82, 2.24) is 14.8 Å². The van der Waals surface area contributed by atoms with Crippen molar-refractivity contribution in [2.24, 2.45) is 0 Å². The largest absolute Gasteiger partial charge is 0.385 e. The molecule has 0 fully saturated rings. The summed E-state index contributed by atoms with van der Waals surface area (Å²) in [6.07, 6.45) is 2.53. The first-order chi connectivity index (χ1) is 5.34. The highest BCUT2D eigenvalue weighted by Gasteiger charge is 1.97. The summed E-state index contributed by atoms with van der Waals surface area (Å²) in [6.45, 7) is 1.54. The zero-order valence-electron chi connectivity index (χ0n) is 6.33. The zero-order valence-corrected chi connectivity index (χ0v) is 7.08. The predicted molar refractivity (Wildman–Crippen MR) is 41.5 cm³/mol. The molecule has 0 spiro atoms. The molecule has 1 aromatic rings. The molecular weight excluding hydrogens is 166 g/mol. The third-order valence-corrected chi connectivity index (χ3v) is 1.61. The highest BCUT2D eigenvalue weighted by atomic mass is 35.5. The standard InChI is InChI=1S/C6H10ClN3O/c1-11-4-2-3-10-5-8-9-6(10)7/h5H,2-4H2,1H3. The highest BCUT2D eigenvalue weighted by molar-refractivity contribution is 6.28. The number of nitrogens with zero attached hydrogens (tertiary/aromatic N) is 3. The Labute approximate surface area is 70.1 Å². The second kappa shape index (κ2) is 4.31. The van der Waals surface area contributed by atoms with E-state index >= 15 is 0 Å². The van der Waals surface area contributed by atoms with Gasteiger partial charge in [-0.25, -0.2) is 0 Å². The lowest BCUT2D eigenvalue weighted by Crippen LogP contribution is -2.00. The maximum absolute atomic E-state index is 5.67. The van der Waals surface area contributed by atoms with Crippen molar-refractivity contribution >= 4 is 11.6 Å². The van der Waals surface area contributed by atoms with Crippen LogP contribution in [0.15, 0.2) is 6.33 Å². The molecule has 0 saturated carbocycles. The Morgan fingerprint density at radius 3 is 3.09 bits per heavy atom. The van der Waals surface area contributed by atoms with Gasteiger partial charge in [-0.05, 0) is 18.0 Å². The van der Waals surface area contributed by atoms with Crippen LogP contribution in [-0.4, -0.2) is 28.5 Å². The summed E-state index contributed by atoms with van der Waals surface area (Å²) in [5.74, 6) is 0. The summed E-state index contributed by atoms with van der Waals surface area (Å²) in [5, 5.41) is 7.71. The predicted octanol–water partition coefficient (Wildman–Crippen LogP) is 0.968. The molecule has 5 heteroatoms. The molecule has 0 N–H and O–H groups in total. The number of methoxy groups -OCH3 is 1. The van der Waals surface area contributed by atoms with Gasteiger partial charge in [0.15, 0.2) is 0 Å². The lowest BCUT2D eigenvalue weighted by atomic mass is 10.4. The first-order valence-corrected chi connectivity index (χ1v) is 3.74. The minimum Gasteiger partial charge on any atom is -0.385 e. The number of hydrogen-bond acceptors (Lipinski definition) is 3. The van der Waals surface area contributed by atoms with Crippen LogP contribution in [0.4, 0.5) is 0 Å². The molecule has 0 radical (unpaired) electrons. The van der Waals surface area contributed by atoms with Crippen LogP contribution in [0.3, 0.4) is 0 Å². The summed E-state index contributed by atoms with van der Waals surface area (Å²) < 4.78 is 6.66. The van der Waals surface area contributed by atoms with Crippen LogP contribution in [-0.2, 0) is 11.3 Å². The minimum atomic E-state index is 0.432. The van der Waals surface area contributed by atoms with Crippen LogP contribution in [0.2, 0.25) is 5.28 Å². The Kier molecular flexibility index (Phi) is 3.32. The molecular formula is C6H10ClN3O. The van der Waals surface area contributed by atoms with Gasteiger partial charge in [0.1, 0.15) is 6.33 Å². The van der Waals surface area contributed by atoms with E-state index in [1.807, 2.05) is 0 Å². The average Bonchev–Trinajstić information content (AvgIpc) is 2.37. The van der Waals surface area contributed by atoms with Crippen molar-refractivity contribution < 1.29 is 4.74 Å². The lowest BCUT2D eigenvalue weighted by Gasteiger charge is -2.00. The van der Waals surface area contributed by atoms with Crippen molar-refractivity contribution in [3.63, 3.8) is 0 Å². The molecule has 1 rings (SSSR count). The van der Waals surface area contributed by atoms with Gasteiger partial charge in [-0.15, -0.1) is 10.2 Å². The van der Waals surface area contributed by atoms with Crippen LogP contribution in [0.25, 0.3) is 0 Å². The van der Waals surface area contributed by atoms with E-state index in [1.165, 1.54) is 0 Å². The Morgan fingerprint density at radius 2 is 2.55 bits per heavy atom.